The van der Waals surface area contributed by atoms with Crippen LogP contribution in [0.4, 0.5) is 9.18 Å². The summed E-state index contributed by atoms with van der Waals surface area (Å²) in [6.45, 7) is 1.35. The third kappa shape index (κ3) is 6.57. The molecule has 0 saturated heterocycles. The number of hydrogen-bond donors (Lipinski definition) is 1. The van der Waals surface area contributed by atoms with Crippen LogP contribution in [0.25, 0.3) is 0 Å². The van der Waals surface area contributed by atoms with Crippen LogP contribution in [0.5, 0.6) is 0 Å². The Hall–Kier alpha value is -2.09. The van der Waals surface area contributed by atoms with E-state index in [0.717, 1.165) is 12.0 Å². The number of amides is 2. The summed E-state index contributed by atoms with van der Waals surface area (Å²) in [5, 5.41) is 1.90. The summed E-state index contributed by atoms with van der Waals surface area (Å²) in [7, 11) is 1.12. The molecule has 0 heterocycles. The normalized spacial score (nSPS) is 11.4. The Labute approximate surface area is 131 Å². The van der Waals surface area contributed by atoms with E-state index in [2.05, 4.69) is 4.74 Å². The van der Waals surface area contributed by atoms with Crippen LogP contribution in [0.2, 0.25) is 0 Å². The van der Waals surface area contributed by atoms with Crippen molar-refractivity contribution in [2.75, 3.05) is 12.9 Å². The van der Waals surface area contributed by atoms with Crippen LogP contribution in [-0.4, -0.2) is 36.9 Å². The molecule has 1 rings (SSSR count). The average Bonchev–Trinajstić information content (AvgIpc) is 2.49. The maximum atomic E-state index is 12.7. The molecule has 0 saturated carbocycles. The fourth-order valence-corrected chi connectivity index (χ4v) is 2.18. The molecule has 0 unspecified atom stereocenters. The van der Waals surface area contributed by atoms with E-state index < -0.39 is 24.1 Å². The third-order valence-corrected chi connectivity index (χ3v) is 3.49. The third-order valence-electron chi connectivity index (χ3n) is 2.48. The minimum absolute atomic E-state index is 0.0812. The predicted octanol–water partition coefficient (Wildman–Crippen LogP) is 2.12. The van der Waals surface area contributed by atoms with Crippen molar-refractivity contribution in [1.29, 1.82) is 0 Å². The number of carbonyl (C=O) groups excluding carboxylic acids is 3. The zero-order valence-corrected chi connectivity index (χ0v) is 12.9. The van der Waals surface area contributed by atoms with E-state index in [1.165, 1.54) is 30.8 Å². The van der Waals surface area contributed by atoms with Gasteiger partial charge in [-0.05, 0) is 31.2 Å². The van der Waals surface area contributed by atoms with Gasteiger partial charge in [0.15, 0.2) is 6.10 Å². The van der Waals surface area contributed by atoms with Gasteiger partial charge in [-0.1, -0.05) is 0 Å². The number of methoxy groups -OCH3 is 1. The number of hydrogen-bond acceptors (Lipinski definition) is 6. The van der Waals surface area contributed by atoms with E-state index in [-0.39, 0.29) is 12.2 Å². The van der Waals surface area contributed by atoms with Crippen molar-refractivity contribution in [2.45, 2.75) is 24.3 Å². The second-order valence-electron chi connectivity index (χ2n) is 4.17. The van der Waals surface area contributed by atoms with Gasteiger partial charge in [0.25, 0.3) is 5.91 Å². The largest absolute Gasteiger partial charge is 0.453 e. The average molecular weight is 329 g/mol. The van der Waals surface area contributed by atoms with Crippen molar-refractivity contribution in [2.24, 2.45) is 0 Å². The van der Waals surface area contributed by atoms with Gasteiger partial charge in [0.1, 0.15) is 5.82 Å². The highest BCUT2D eigenvalue weighted by atomic mass is 32.2. The standard InChI is InChI=1S/C14H16FNO5S/c1-9(13(18)16-14(19)20-2)21-12(17)7-8-22-11-5-3-10(15)4-6-11/h3-6,9H,7-8H2,1-2H3,(H,16,18,19)/t9-/m1/s1. The van der Waals surface area contributed by atoms with E-state index in [4.69, 9.17) is 4.74 Å². The first-order chi connectivity index (χ1) is 10.4. The van der Waals surface area contributed by atoms with Crippen molar-refractivity contribution < 1.29 is 28.2 Å². The van der Waals surface area contributed by atoms with Gasteiger partial charge in [0.2, 0.25) is 0 Å². The molecule has 2 amide bonds. The van der Waals surface area contributed by atoms with Crippen molar-refractivity contribution in [3.63, 3.8) is 0 Å². The van der Waals surface area contributed by atoms with Gasteiger partial charge in [-0.15, -0.1) is 11.8 Å². The fraction of sp³-hybridized carbons (Fsp3) is 0.357. The molecule has 0 radical (unpaired) electrons. The SMILES string of the molecule is COC(=O)NC(=O)[C@@H](C)OC(=O)CCSc1ccc(F)cc1. The van der Waals surface area contributed by atoms with Crippen molar-refractivity contribution >= 4 is 29.7 Å². The molecule has 6 nitrogen and oxygen atoms in total. The molecule has 1 aromatic carbocycles. The number of alkyl carbamates (subject to hydrolysis) is 1. The zero-order chi connectivity index (χ0) is 16.5. The molecule has 0 spiro atoms. The number of ether oxygens (including phenoxy) is 2. The van der Waals surface area contributed by atoms with E-state index in [9.17, 15) is 18.8 Å². The van der Waals surface area contributed by atoms with E-state index in [1.54, 1.807) is 12.1 Å². The van der Waals surface area contributed by atoms with Gasteiger partial charge >= 0.3 is 12.1 Å². The molecule has 0 fully saturated rings. The number of halogens is 1. The van der Waals surface area contributed by atoms with Gasteiger partial charge in [-0.3, -0.25) is 14.9 Å². The molecular formula is C14H16FNO5S. The summed E-state index contributed by atoms with van der Waals surface area (Å²) in [6.07, 6.45) is -1.93. The van der Waals surface area contributed by atoms with Crippen LogP contribution >= 0.6 is 11.8 Å². The molecule has 0 aliphatic carbocycles. The summed E-state index contributed by atoms with van der Waals surface area (Å²) in [5.41, 5.74) is 0. The first-order valence-electron chi connectivity index (χ1n) is 6.39. The summed E-state index contributed by atoms with van der Waals surface area (Å²) < 4.78 is 21.9. The molecule has 1 N–H and O–H groups in total. The van der Waals surface area contributed by atoms with E-state index in [1.807, 2.05) is 5.32 Å². The monoisotopic (exact) mass is 329 g/mol. The lowest BCUT2D eigenvalue weighted by Gasteiger charge is -2.12. The molecule has 1 atom stereocenters. The van der Waals surface area contributed by atoms with Crippen LogP contribution in [0.1, 0.15) is 13.3 Å². The zero-order valence-electron chi connectivity index (χ0n) is 12.1. The summed E-state index contributed by atoms with van der Waals surface area (Å²) >= 11 is 1.37. The van der Waals surface area contributed by atoms with Gasteiger partial charge < -0.3 is 9.47 Å². The first-order valence-corrected chi connectivity index (χ1v) is 7.37. The Morgan fingerprint density at radius 3 is 2.50 bits per heavy atom. The summed E-state index contributed by atoms with van der Waals surface area (Å²) in [5.74, 6) is -1.22. The topological polar surface area (TPSA) is 81.7 Å². The lowest BCUT2D eigenvalue weighted by atomic mass is 10.3. The number of thioether (sulfide) groups is 1. The van der Waals surface area contributed by atoms with Crippen molar-refractivity contribution in [3.8, 4) is 0 Å². The Bertz CT molecular complexity index is 535. The molecular weight excluding hydrogens is 313 g/mol. The lowest BCUT2D eigenvalue weighted by Crippen LogP contribution is -2.39. The molecule has 120 valence electrons. The smallest absolute Gasteiger partial charge is 0.413 e. The fourth-order valence-electron chi connectivity index (χ4n) is 1.35. The second-order valence-corrected chi connectivity index (χ2v) is 5.33. The predicted molar refractivity (Wildman–Crippen MR) is 77.8 cm³/mol. The molecule has 0 aliphatic heterocycles. The molecule has 0 aliphatic rings. The van der Waals surface area contributed by atoms with Crippen molar-refractivity contribution in [1.82, 2.24) is 5.32 Å². The number of rotatable bonds is 6. The highest BCUT2D eigenvalue weighted by Crippen LogP contribution is 2.19. The van der Waals surface area contributed by atoms with Crippen LogP contribution in [0, 0.1) is 5.82 Å². The molecule has 8 heteroatoms. The lowest BCUT2D eigenvalue weighted by molar-refractivity contribution is -0.154. The highest BCUT2D eigenvalue weighted by molar-refractivity contribution is 7.99. The number of carbonyl (C=O) groups is 3. The Morgan fingerprint density at radius 2 is 1.91 bits per heavy atom. The van der Waals surface area contributed by atoms with Gasteiger partial charge in [-0.2, -0.15) is 0 Å². The Morgan fingerprint density at radius 1 is 1.27 bits per heavy atom. The highest BCUT2D eigenvalue weighted by Gasteiger charge is 2.19. The van der Waals surface area contributed by atoms with E-state index in [0.29, 0.717) is 5.75 Å². The quantitative estimate of drug-likeness (QED) is 0.636. The second kappa shape index (κ2) is 9.04. The summed E-state index contributed by atoms with van der Waals surface area (Å²) in [4.78, 5) is 34.7. The van der Waals surface area contributed by atoms with Crippen LogP contribution in [-0.2, 0) is 19.1 Å². The Balaban J connectivity index is 2.29. The molecule has 0 aromatic heterocycles. The number of imide groups is 1. The number of benzene rings is 1. The van der Waals surface area contributed by atoms with Gasteiger partial charge in [0.05, 0.1) is 13.5 Å². The van der Waals surface area contributed by atoms with E-state index >= 15 is 0 Å². The van der Waals surface area contributed by atoms with Crippen molar-refractivity contribution in [3.05, 3.63) is 30.1 Å². The Kier molecular flexibility index (Phi) is 7.38. The van der Waals surface area contributed by atoms with Crippen LogP contribution < -0.4 is 5.32 Å². The number of nitrogens with one attached hydrogen (secondary N) is 1. The molecule has 22 heavy (non-hydrogen) atoms. The minimum atomic E-state index is -1.09. The number of esters is 1. The maximum absolute atomic E-state index is 12.7. The van der Waals surface area contributed by atoms with Crippen LogP contribution in [0.15, 0.2) is 29.2 Å². The molecule has 0 bridgehead atoms. The van der Waals surface area contributed by atoms with Crippen LogP contribution in [0.3, 0.4) is 0 Å². The maximum Gasteiger partial charge on any atom is 0.413 e. The van der Waals surface area contributed by atoms with Gasteiger partial charge in [0, 0.05) is 10.6 Å². The minimum Gasteiger partial charge on any atom is -0.453 e. The summed E-state index contributed by atoms with van der Waals surface area (Å²) in [6, 6.07) is 5.88. The molecule has 1 aromatic rings. The van der Waals surface area contributed by atoms with Gasteiger partial charge in [-0.25, -0.2) is 9.18 Å². The first kappa shape index (κ1) is 18.0.